The molecule has 0 aromatic heterocycles. The number of benzene rings is 2. The smallest absolute Gasteiger partial charge is 0.265 e. The van der Waals surface area contributed by atoms with Gasteiger partial charge in [0, 0.05) is 30.3 Å². The van der Waals surface area contributed by atoms with E-state index in [1.165, 1.54) is 32.0 Å². The summed E-state index contributed by atoms with van der Waals surface area (Å²) in [6.45, 7) is 2.93. The van der Waals surface area contributed by atoms with Crippen LogP contribution in [0.25, 0.3) is 0 Å². The Morgan fingerprint density at radius 3 is 2.27 bits per heavy atom. The molecule has 0 fully saturated rings. The molecule has 0 bridgehead atoms. The second-order valence-corrected chi connectivity index (χ2v) is 7.54. The van der Waals surface area contributed by atoms with E-state index < -0.39 is 19.9 Å². The van der Waals surface area contributed by atoms with Crippen LogP contribution >= 0.6 is 11.6 Å². The van der Waals surface area contributed by atoms with Crippen molar-refractivity contribution < 1.29 is 18.3 Å². The van der Waals surface area contributed by atoms with Gasteiger partial charge in [0.15, 0.2) is 0 Å². The van der Waals surface area contributed by atoms with Gasteiger partial charge in [-0.15, -0.1) is 0 Å². The van der Waals surface area contributed by atoms with Gasteiger partial charge in [-0.3, -0.25) is 24.5 Å². The van der Waals surface area contributed by atoms with E-state index in [1.54, 1.807) is 0 Å². The molecule has 0 radical (unpaired) electrons. The van der Waals surface area contributed by atoms with Crippen molar-refractivity contribution in [3.05, 3.63) is 67.2 Å². The van der Waals surface area contributed by atoms with Gasteiger partial charge < -0.3 is 0 Å². The van der Waals surface area contributed by atoms with Crippen molar-refractivity contribution >= 4 is 38.7 Å². The lowest BCUT2D eigenvalue weighted by Crippen LogP contribution is -2.31. The highest BCUT2D eigenvalue weighted by molar-refractivity contribution is 7.92. The van der Waals surface area contributed by atoms with Gasteiger partial charge in [-0.1, -0.05) is 17.7 Å². The molecule has 0 aliphatic heterocycles. The number of sulfonamides is 1. The third kappa shape index (κ3) is 3.60. The summed E-state index contributed by atoms with van der Waals surface area (Å²) >= 11 is 6.04. The molecule has 0 amide bonds. The van der Waals surface area contributed by atoms with Gasteiger partial charge in [-0.05, 0) is 26.0 Å². The van der Waals surface area contributed by atoms with Crippen molar-refractivity contribution in [1.82, 2.24) is 0 Å². The molecule has 9 nitrogen and oxygen atoms in total. The van der Waals surface area contributed by atoms with Crippen molar-refractivity contribution in [2.75, 3.05) is 10.8 Å². The van der Waals surface area contributed by atoms with Crippen LogP contribution in [-0.2, 0) is 10.0 Å². The molecule has 0 aliphatic carbocycles. The molecule has 0 heterocycles. The first kappa shape index (κ1) is 19.6. The second-order valence-electron chi connectivity index (χ2n) is 5.27. The minimum absolute atomic E-state index is 0.00244. The van der Waals surface area contributed by atoms with Crippen molar-refractivity contribution in [3.63, 3.8) is 0 Å². The molecule has 0 aliphatic rings. The fraction of sp³-hybridized carbons (Fsp3) is 0.200. The molecule has 0 saturated heterocycles. The summed E-state index contributed by atoms with van der Waals surface area (Å²) in [6, 6.07) is 6.96. The van der Waals surface area contributed by atoms with E-state index in [2.05, 4.69) is 0 Å². The molecule has 2 rings (SSSR count). The lowest BCUT2D eigenvalue weighted by atomic mass is 10.2. The van der Waals surface area contributed by atoms with Gasteiger partial charge in [0.05, 0.1) is 25.5 Å². The van der Waals surface area contributed by atoms with E-state index in [0.717, 1.165) is 22.5 Å². The van der Waals surface area contributed by atoms with Gasteiger partial charge in [0.1, 0.15) is 0 Å². The molecular weight excluding hydrogens is 386 g/mol. The number of hydrogen-bond donors (Lipinski definition) is 0. The van der Waals surface area contributed by atoms with E-state index in [-0.39, 0.29) is 33.5 Å². The Labute approximate surface area is 154 Å². The molecule has 26 heavy (non-hydrogen) atoms. The average Bonchev–Trinajstić information content (AvgIpc) is 2.56. The Bertz CT molecular complexity index is 993. The quantitative estimate of drug-likeness (QED) is 0.539. The summed E-state index contributed by atoms with van der Waals surface area (Å²) in [7, 11) is -4.22. The predicted octanol–water partition coefficient (Wildman–Crippen LogP) is 3.68. The number of halogens is 1. The van der Waals surface area contributed by atoms with Gasteiger partial charge in [0.2, 0.25) is 0 Å². The van der Waals surface area contributed by atoms with Crippen LogP contribution in [-0.4, -0.2) is 24.8 Å². The number of nitrogens with zero attached hydrogens (tertiary/aromatic N) is 3. The van der Waals surface area contributed by atoms with Crippen LogP contribution in [0.5, 0.6) is 0 Å². The molecule has 0 unspecified atom stereocenters. The second kappa shape index (κ2) is 7.26. The van der Waals surface area contributed by atoms with E-state index in [4.69, 9.17) is 11.6 Å². The predicted molar refractivity (Wildman–Crippen MR) is 96.1 cm³/mol. The number of anilines is 1. The lowest BCUT2D eigenvalue weighted by Gasteiger charge is -2.23. The molecule has 0 spiro atoms. The van der Waals surface area contributed by atoms with E-state index >= 15 is 0 Å². The highest BCUT2D eigenvalue weighted by Crippen LogP contribution is 2.34. The summed E-state index contributed by atoms with van der Waals surface area (Å²) in [4.78, 5) is 20.4. The molecule has 0 saturated carbocycles. The molecule has 11 heteroatoms. The summed E-state index contributed by atoms with van der Waals surface area (Å²) in [5.74, 6) is 0. The minimum atomic E-state index is -4.22. The lowest BCUT2D eigenvalue weighted by molar-refractivity contribution is -0.385. The van der Waals surface area contributed by atoms with E-state index in [9.17, 15) is 28.6 Å². The third-order valence-corrected chi connectivity index (χ3v) is 5.87. The van der Waals surface area contributed by atoms with Crippen LogP contribution in [0.1, 0.15) is 12.5 Å². The van der Waals surface area contributed by atoms with Gasteiger partial charge in [-0.25, -0.2) is 8.42 Å². The first-order valence-corrected chi connectivity index (χ1v) is 9.13. The van der Waals surface area contributed by atoms with Crippen LogP contribution in [0.2, 0.25) is 5.02 Å². The largest absolute Gasteiger partial charge is 0.273 e. The zero-order chi connectivity index (χ0) is 19.6. The number of nitro benzene ring substituents is 2. The number of rotatable bonds is 6. The maximum atomic E-state index is 13.0. The highest BCUT2D eigenvalue weighted by atomic mass is 35.5. The summed E-state index contributed by atoms with van der Waals surface area (Å²) in [5.41, 5.74) is -0.433. The fourth-order valence-corrected chi connectivity index (χ4v) is 4.12. The highest BCUT2D eigenvalue weighted by Gasteiger charge is 2.28. The van der Waals surface area contributed by atoms with Crippen molar-refractivity contribution in [3.8, 4) is 0 Å². The van der Waals surface area contributed by atoms with Crippen LogP contribution < -0.4 is 4.31 Å². The minimum Gasteiger partial charge on any atom is -0.265 e. The monoisotopic (exact) mass is 399 g/mol. The summed E-state index contributed by atoms with van der Waals surface area (Å²) in [6.07, 6.45) is 0. The number of hydrogen-bond acceptors (Lipinski definition) is 6. The number of aryl methyl sites for hydroxylation is 1. The fourth-order valence-electron chi connectivity index (χ4n) is 2.35. The van der Waals surface area contributed by atoms with Crippen LogP contribution in [0, 0.1) is 27.2 Å². The van der Waals surface area contributed by atoms with Crippen LogP contribution in [0.4, 0.5) is 17.1 Å². The maximum Gasteiger partial charge on any atom is 0.273 e. The van der Waals surface area contributed by atoms with Gasteiger partial charge >= 0.3 is 0 Å². The topological polar surface area (TPSA) is 124 Å². The van der Waals surface area contributed by atoms with Crippen LogP contribution in [0.3, 0.4) is 0 Å². The zero-order valence-electron chi connectivity index (χ0n) is 13.7. The summed E-state index contributed by atoms with van der Waals surface area (Å²) < 4.78 is 26.8. The molecule has 138 valence electrons. The zero-order valence-corrected chi connectivity index (χ0v) is 15.3. The molecule has 0 atom stereocenters. The Balaban J connectivity index is 2.63. The normalized spacial score (nSPS) is 11.2. The first-order chi connectivity index (χ1) is 12.1. The van der Waals surface area contributed by atoms with E-state index in [1.807, 2.05) is 0 Å². The Kier molecular flexibility index (Phi) is 5.47. The first-order valence-electron chi connectivity index (χ1n) is 7.31. The standard InChI is InChI=1S/C15H14ClN3O6S/c1-3-17(15-8-11(18(20)21)5-7-13(15)16)26(24,25)12-6-4-10(2)14(9-12)19(22)23/h4-9H,3H2,1-2H3. The van der Waals surface area contributed by atoms with Crippen molar-refractivity contribution in [1.29, 1.82) is 0 Å². The Hall–Kier alpha value is -2.72. The average molecular weight is 400 g/mol. The Morgan fingerprint density at radius 2 is 1.73 bits per heavy atom. The SMILES string of the molecule is CCN(c1cc([N+](=O)[O-])ccc1Cl)S(=O)(=O)c1ccc(C)c([N+](=O)[O-])c1. The van der Waals surface area contributed by atoms with Crippen LogP contribution in [0.15, 0.2) is 41.3 Å². The van der Waals surface area contributed by atoms with Crippen molar-refractivity contribution in [2.24, 2.45) is 0 Å². The number of non-ortho nitro benzene ring substituents is 1. The maximum absolute atomic E-state index is 13.0. The van der Waals surface area contributed by atoms with Gasteiger partial charge in [0.25, 0.3) is 21.4 Å². The molecule has 2 aromatic rings. The Morgan fingerprint density at radius 1 is 1.08 bits per heavy atom. The van der Waals surface area contributed by atoms with Gasteiger partial charge in [-0.2, -0.15) is 0 Å². The molecule has 2 aromatic carbocycles. The third-order valence-electron chi connectivity index (χ3n) is 3.66. The van der Waals surface area contributed by atoms with E-state index in [0.29, 0.717) is 5.56 Å². The van der Waals surface area contributed by atoms with Crippen molar-refractivity contribution in [2.45, 2.75) is 18.7 Å². The number of nitro groups is 2. The summed E-state index contributed by atoms with van der Waals surface area (Å²) in [5, 5.41) is 22.1. The molecule has 0 N–H and O–H groups in total. The molecular formula is C15H14ClN3O6S.